The number of amides is 1. The van der Waals surface area contributed by atoms with E-state index in [-0.39, 0.29) is 22.5 Å². The number of methoxy groups -OCH3 is 1. The molecule has 7 nitrogen and oxygen atoms in total. The number of aryl methyl sites for hydroxylation is 2. The molecule has 0 atom stereocenters. The van der Waals surface area contributed by atoms with E-state index in [0.717, 1.165) is 31.5 Å². The Labute approximate surface area is 184 Å². The van der Waals surface area contributed by atoms with Gasteiger partial charge in [0.05, 0.1) is 7.11 Å². The van der Waals surface area contributed by atoms with Crippen LogP contribution in [0.2, 0.25) is 0 Å². The zero-order valence-corrected chi connectivity index (χ0v) is 19.2. The van der Waals surface area contributed by atoms with Gasteiger partial charge in [-0.25, -0.2) is 0 Å². The molecule has 0 radical (unpaired) electrons. The van der Waals surface area contributed by atoms with Crippen molar-refractivity contribution >= 4 is 27.3 Å². The molecule has 31 heavy (non-hydrogen) atoms. The van der Waals surface area contributed by atoms with Gasteiger partial charge in [0, 0.05) is 28.9 Å². The van der Waals surface area contributed by atoms with Crippen LogP contribution in [-0.2, 0) is 10.0 Å². The maximum absolute atomic E-state index is 13.0. The summed E-state index contributed by atoms with van der Waals surface area (Å²) in [5, 5.41) is 6.12. The van der Waals surface area contributed by atoms with Gasteiger partial charge in [0.15, 0.2) is 0 Å². The number of nitrogens with zero attached hydrogens (tertiary/aromatic N) is 1. The number of nitrogens with one attached hydrogen (secondary N) is 2. The number of piperidine rings is 1. The molecule has 2 aromatic rings. The highest BCUT2D eigenvalue weighted by molar-refractivity contribution is 7.90. The highest BCUT2D eigenvalue weighted by atomic mass is 32.2. The number of carbonyl (C=O) groups is 1. The van der Waals surface area contributed by atoms with E-state index in [4.69, 9.17) is 4.74 Å². The van der Waals surface area contributed by atoms with Crippen molar-refractivity contribution in [3.8, 4) is 5.75 Å². The molecular weight excluding hydrogens is 414 g/mol. The molecule has 1 aliphatic rings. The molecule has 8 heteroatoms. The Kier molecular flexibility index (Phi) is 7.12. The Morgan fingerprint density at radius 1 is 1.13 bits per heavy atom. The lowest BCUT2D eigenvalue weighted by Gasteiger charge is -2.22. The maximum Gasteiger partial charge on any atom is 0.285 e. The second-order valence-electron chi connectivity index (χ2n) is 7.82. The van der Waals surface area contributed by atoms with Crippen LogP contribution in [0.3, 0.4) is 0 Å². The predicted octanol–water partition coefficient (Wildman–Crippen LogP) is 3.71. The van der Waals surface area contributed by atoms with Crippen LogP contribution in [0.5, 0.6) is 5.75 Å². The summed E-state index contributed by atoms with van der Waals surface area (Å²) in [7, 11) is -2.55. The Morgan fingerprint density at radius 3 is 2.45 bits per heavy atom. The van der Waals surface area contributed by atoms with E-state index in [9.17, 15) is 13.2 Å². The summed E-state index contributed by atoms with van der Waals surface area (Å²) in [5.74, 6) is 0.0296. The SMILES string of the molecule is COc1cc(NC(=O)c2ccccc2C)c(C)cc1S(=O)(=O)N=C(C)C1CCNCC1. The summed E-state index contributed by atoms with van der Waals surface area (Å²) in [6.07, 6.45) is 1.73. The molecule has 0 spiro atoms. The van der Waals surface area contributed by atoms with Gasteiger partial charge in [-0.3, -0.25) is 4.79 Å². The first-order valence-corrected chi connectivity index (χ1v) is 11.7. The molecule has 1 fully saturated rings. The Morgan fingerprint density at radius 2 is 1.81 bits per heavy atom. The number of ether oxygens (including phenoxy) is 1. The van der Waals surface area contributed by atoms with Crippen molar-refractivity contribution in [2.75, 3.05) is 25.5 Å². The summed E-state index contributed by atoms with van der Waals surface area (Å²) in [5.41, 5.74) is 3.11. The van der Waals surface area contributed by atoms with Gasteiger partial charge >= 0.3 is 0 Å². The van der Waals surface area contributed by atoms with Crippen molar-refractivity contribution in [3.63, 3.8) is 0 Å². The van der Waals surface area contributed by atoms with E-state index in [2.05, 4.69) is 15.0 Å². The highest BCUT2D eigenvalue weighted by Gasteiger charge is 2.24. The van der Waals surface area contributed by atoms with Crippen molar-refractivity contribution in [1.29, 1.82) is 0 Å². The normalized spacial score (nSPS) is 15.5. The highest BCUT2D eigenvalue weighted by Crippen LogP contribution is 2.32. The Hall–Kier alpha value is -2.71. The monoisotopic (exact) mass is 443 g/mol. The summed E-state index contributed by atoms with van der Waals surface area (Å²) < 4.78 is 35.5. The molecule has 0 unspecified atom stereocenters. The lowest BCUT2D eigenvalue weighted by Crippen LogP contribution is -2.31. The first-order valence-electron chi connectivity index (χ1n) is 10.3. The molecule has 1 amide bonds. The van der Waals surface area contributed by atoms with Crippen molar-refractivity contribution in [2.24, 2.45) is 10.3 Å². The topological polar surface area (TPSA) is 96.9 Å². The standard InChI is InChI=1S/C23H29N3O4S/c1-15-7-5-6-8-19(15)23(27)25-20-14-21(30-4)22(13-16(20)2)31(28,29)26-17(3)18-9-11-24-12-10-18/h5-8,13-14,18,24H,9-12H2,1-4H3,(H,25,27). The number of hydrogen-bond donors (Lipinski definition) is 2. The minimum Gasteiger partial charge on any atom is -0.495 e. The van der Waals surface area contributed by atoms with Gasteiger partial charge in [-0.1, -0.05) is 18.2 Å². The number of anilines is 1. The zero-order valence-electron chi connectivity index (χ0n) is 18.4. The van der Waals surface area contributed by atoms with Crippen LogP contribution in [0.1, 0.15) is 41.3 Å². The lowest BCUT2D eigenvalue weighted by atomic mass is 9.94. The van der Waals surface area contributed by atoms with Gasteiger partial charge in [-0.15, -0.1) is 0 Å². The molecule has 2 N–H and O–H groups in total. The average molecular weight is 444 g/mol. The van der Waals surface area contributed by atoms with Crippen LogP contribution in [0, 0.1) is 19.8 Å². The fourth-order valence-corrected chi connectivity index (χ4v) is 5.08. The zero-order chi connectivity index (χ0) is 22.6. The van der Waals surface area contributed by atoms with Gasteiger partial charge in [0.1, 0.15) is 10.6 Å². The number of sulfonamides is 1. The van der Waals surface area contributed by atoms with E-state index in [1.807, 2.05) is 19.1 Å². The van der Waals surface area contributed by atoms with E-state index < -0.39 is 10.0 Å². The Bertz CT molecular complexity index is 1100. The molecule has 1 saturated heterocycles. The fourth-order valence-electron chi connectivity index (χ4n) is 3.73. The first-order chi connectivity index (χ1) is 14.7. The van der Waals surface area contributed by atoms with Gasteiger partial charge in [0.25, 0.3) is 15.9 Å². The number of hydrogen-bond acceptors (Lipinski definition) is 5. The maximum atomic E-state index is 13.0. The molecular formula is C23H29N3O4S. The molecule has 0 aliphatic carbocycles. The number of carbonyl (C=O) groups excluding carboxylic acids is 1. The minimum atomic E-state index is -3.95. The van der Waals surface area contributed by atoms with Crippen LogP contribution in [0.4, 0.5) is 5.69 Å². The van der Waals surface area contributed by atoms with Crippen LogP contribution < -0.4 is 15.4 Å². The van der Waals surface area contributed by atoms with E-state index in [1.165, 1.54) is 19.2 Å². The van der Waals surface area contributed by atoms with Gasteiger partial charge in [-0.05, 0) is 70.0 Å². The second kappa shape index (κ2) is 9.62. The van der Waals surface area contributed by atoms with Gasteiger partial charge in [-0.2, -0.15) is 12.8 Å². The number of rotatable bonds is 6. The van der Waals surface area contributed by atoms with E-state index >= 15 is 0 Å². The third-order valence-electron chi connectivity index (χ3n) is 5.62. The molecule has 1 heterocycles. The third kappa shape index (κ3) is 5.32. The van der Waals surface area contributed by atoms with E-state index in [1.54, 1.807) is 26.0 Å². The summed E-state index contributed by atoms with van der Waals surface area (Å²) in [4.78, 5) is 12.7. The summed E-state index contributed by atoms with van der Waals surface area (Å²) in [6.45, 7) is 7.09. The van der Waals surface area contributed by atoms with Crippen molar-refractivity contribution in [3.05, 3.63) is 53.1 Å². The lowest BCUT2D eigenvalue weighted by molar-refractivity contribution is 0.102. The van der Waals surface area contributed by atoms with Crippen LogP contribution >= 0.6 is 0 Å². The second-order valence-corrected chi connectivity index (χ2v) is 9.39. The van der Waals surface area contributed by atoms with Crippen molar-refractivity contribution in [2.45, 2.75) is 38.5 Å². The first kappa shape index (κ1) is 23.0. The molecule has 0 saturated carbocycles. The third-order valence-corrected chi connectivity index (χ3v) is 7.02. The molecule has 2 aromatic carbocycles. The molecule has 0 bridgehead atoms. The molecule has 3 rings (SSSR count). The minimum absolute atomic E-state index is 0.00493. The predicted molar refractivity (Wildman–Crippen MR) is 123 cm³/mol. The summed E-state index contributed by atoms with van der Waals surface area (Å²) >= 11 is 0. The van der Waals surface area contributed by atoms with Crippen molar-refractivity contribution < 1.29 is 17.9 Å². The molecule has 1 aliphatic heterocycles. The van der Waals surface area contributed by atoms with Gasteiger partial charge in [0.2, 0.25) is 0 Å². The summed E-state index contributed by atoms with van der Waals surface area (Å²) in [6, 6.07) is 10.3. The smallest absolute Gasteiger partial charge is 0.285 e. The van der Waals surface area contributed by atoms with E-state index in [0.29, 0.717) is 22.5 Å². The van der Waals surface area contributed by atoms with Crippen molar-refractivity contribution in [1.82, 2.24) is 5.32 Å². The van der Waals surface area contributed by atoms with Crippen LogP contribution in [0.25, 0.3) is 0 Å². The number of benzene rings is 2. The Balaban J connectivity index is 1.91. The largest absolute Gasteiger partial charge is 0.495 e. The fraction of sp³-hybridized carbons (Fsp3) is 0.391. The average Bonchev–Trinajstić information content (AvgIpc) is 2.75. The molecule has 166 valence electrons. The quantitative estimate of drug-likeness (QED) is 0.664. The molecule has 0 aromatic heterocycles. The van der Waals surface area contributed by atoms with Crippen LogP contribution in [0.15, 0.2) is 45.7 Å². The van der Waals surface area contributed by atoms with Crippen LogP contribution in [-0.4, -0.2) is 40.2 Å². The van der Waals surface area contributed by atoms with Gasteiger partial charge < -0.3 is 15.4 Å².